The van der Waals surface area contributed by atoms with E-state index in [-0.39, 0.29) is 0 Å². The molecule has 0 bridgehead atoms. The summed E-state index contributed by atoms with van der Waals surface area (Å²) in [7, 11) is -1.46. The van der Waals surface area contributed by atoms with Gasteiger partial charge in [0.2, 0.25) is 0 Å². The van der Waals surface area contributed by atoms with E-state index >= 15 is 0 Å². The summed E-state index contributed by atoms with van der Waals surface area (Å²) in [5.41, 5.74) is 2.21. The summed E-state index contributed by atoms with van der Waals surface area (Å²) in [6.45, 7) is 0. The normalized spacial score (nSPS) is 10.2. The molecule has 0 saturated carbocycles. The van der Waals surface area contributed by atoms with Crippen molar-refractivity contribution in [2.45, 2.75) is 0 Å². The van der Waals surface area contributed by atoms with Crippen molar-refractivity contribution in [3.05, 3.63) is 53.6 Å². The maximum atomic E-state index is 9.09. The van der Waals surface area contributed by atoms with Gasteiger partial charge in [0.05, 0.1) is 0 Å². The van der Waals surface area contributed by atoms with Gasteiger partial charge in [-0.05, 0) is 17.1 Å². The molecule has 0 atom stereocenters. The Bertz CT molecular complexity index is 500. The summed E-state index contributed by atoms with van der Waals surface area (Å²) in [4.78, 5) is 0. The monoisotopic (exact) mass is 232 g/mol. The molecule has 0 spiro atoms. The molecule has 2 aromatic carbocycles. The fourth-order valence-corrected chi connectivity index (χ4v) is 1.81. The zero-order chi connectivity index (χ0) is 11.5. The lowest BCUT2D eigenvalue weighted by molar-refractivity contribution is 0.426. The highest BCUT2D eigenvalue weighted by Gasteiger charge is 2.11. The second-order valence-corrected chi connectivity index (χ2v) is 3.89. The van der Waals surface area contributed by atoms with Gasteiger partial charge in [0, 0.05) is 10.6 Å². The van der Waals surface area contributed by atoms with Crippen LogP contribution in [0.5, 0.6) is 0 Å². The SMILES string of the molecule is OB(O)c1cccc(-c2ccccc2Cl)c1. The van der Waals surface area contributed by atoms with Crippen LogP contribution in [-0.4, -0.2) is 17.2 Å². The first-order valence-electron chi connectivity index (χ1n) is 4.89. The van der Waals surface area contributed by atoms with Gasteiger partial charge in [-0.1, -0.05) is 54.1 Å². The highest BCUT2D eigenvalue weighted by Crippen LogP contribution is 2.26. The second-order valence-electron chi connectivity index (χ2n) is 3.48. The minimum absolute atomic E-state index is 0.456. The van der Waals surface area contributed by atoms with E-state index in [1.54, 1.807) is 24.3 Å². The van der Waals surface area contributed by atoms with Gasteiger partial charge in [0.1, 0.15) is 0 Å². The summed E-state index contributed by atoms with van der Waals surface area (Å²) in [5.74, 6) is 0. The van der Waals surface area contributed by atoms with Crippen LogP contribution in [0.4, 0.5) is 0 Å². The number of rotatable bonds is 2. The topological polar surface area (TPSA) is 40.5 Å². The quantitative estimate of drug-likeness (QED) is 0.774. The van der Waals surface area contributed by atoms with Crippen LogP contribution in [0.1, 0.15) is 0 Å². The van der Waals surface area contributed by atoms with E-state index in [1.807, 2.05) is 24.3 Å². The van der Waals surface area contributed by atoms with Crippen LogP contribution in [0.25, 0.3) is 11.1 Å². The molecule has 0 aromatic heterocycles. The molecule has 0 heterocycles. The third-order valence-electron chi connectivity index (χ3n) is 2.37. The predicted molar refractivity (Wildman–Crippen MR) is 66.7 cm³/mol. The molecule has 16 heavy (non-hydrogen) atoms. The Morgan fingerprint density at radius 1 is 0.938 bits per heavy atom. The highest BCUT2D eigenvalue weighted by molar-refractivity contribution is 6.58. The standard InChI is InChI=1S/C12H10BClO2/c14-12-7-2-1-6-11(12)9-4-3-5-10(8-9)13(15)16/h1-8,15-16H. The van der Waals surface area contributed by atoms with Crippen LogP contribution < -0.4 is 5.46 Å². The summed E-state index contributed by atoms with van der Waals surface area (Å²) >= 11 is 6.07. The second kappa shape index (κ2) is 4.70. The molecule has 0 saturated heterocycles. The zero-order valence-corrected chi connectivity index (χ0v) is 9.22. The lowest BCUT2D eigenvalue weighted by Crippen LogP contribution is -2.29. The van der Waals surface area contributed by atoms with Crippen molar-refractivity contribution in [1.82, 2.24) is 0 Å². The molecule has 2 nitrogen and oxygen atoms in total. The molecular formula is C12H10BClO2. The van der Waals surface area contributed by atoms with Crippen molar-refractivity contribution in [2.75, 3.05) is 0 Å². The molecule has 0 unspecified atom stereocenters. The van der Waals surface area contributed by atoms with Gasteiger partial charge in [-0.15, -0.1) is 0 Å². The minimum Gasteiger partial charge on any atom is -0.423 e. The summed E-state index contributed by atoms with van der Waals surface area (Å²) in [5, 5.41) is 18.8. The maximum absolute atomic E-state index is 9.09. The zero-order valence-electron chi connectivity index (χ0n) is 8.47. The van der Waals surface area contributed by atoms with E-state index in [0.717, 1.165) is 11.1 Å². The molecule has 2 aromatic rings. The Balaban J connectivity index is 2.49. The Labute approximate surface area is 99.3 Å². The van der Waals surface area contributed by atoms with Crippen molar-refractivity contribution in [3.63, 3.8) is 0 Å². The van der Waals surface area contributed by atoms with Crippen molar-refractivity contribution in [1.29, 1.82) is 0 Å². The van der Waals surface area contributed by atoms with Gasteiger partial charge in [0.15, 0.2) is 0 Å². The molecule has 0 amide bonds. The number of halogens is 1. The van der Waals surface area contributed by atoms with Crippen LogP contribution in [-0.2, 0) is 0 Å². The van der Waals surface area contributed by atoms with Crippen LogP contribution in [0.15, 0.2) is 48.5 Å². The van der Waals surface area contributed by atoms with Gasteiger partial charge in [-0.25, -0.2) is 0 Å². The average molecular weight is 232 g/mol. The smallest absolute Gasteiger partial charge is 0.423 e. The summed E-state index contributed by atoms with van der Waals surface area (Å²) < 4.78 is 0. The number of hydrogen-bond donors (Lipinski definition) is 2. The van der Waals surface area contributed by atoms with Crippen LogP contribution in [0.3, 0.4) is 0 Å². The van der Waals surface area contributed by atoms with Crippen LogP contribution in [0, 0.1) is 0 Å². The van der Waals surface area contributed by atoms with E-state index in [2.05, 4.69) is 0 Å². The largest absolute Gasteiger partial charge is 0.488 e. The lowest BCUT2D eigenvalue weighted by Gasteiger charge is -2.06. The first-order chi connectivity index (χ1) is 7.68. The van der Waals surface area contributed by atoms with Gasteiger partial charge < -0.3 is 10.0 Å². The Morgan fingerprint density at radius 2 is 1.69 bits per heavy atom. The third kappa shape index (κ3) is 2.27. The van der Waals surface area contributed by atoms with E-state index in [0.29, 0.717) is 10.5 Å². The van der Waals surface area contributed by atoms with E-state index < -0.39 is 7.12 Å². The molecule has 0 aliphatic rings. The van der Waals surface area contributed by atoms with E-state index in [1.165, 1.54) is 0 Å². The molecule has 0 radical (unpaired) electrons. The number of benzene rings is 2. The van der Waals surface area contributed by atoms with Crippen LogP contribution in [0.2, 0.25) is 5.02 Å². The van der Waals surface area contributed by atoms with E-state index in [9.17, 15) is 0 Å². The van der Waals surface area contributed by atoms with Crippen molar-refractivity contribution < 1.29 is 10.0 Å². The van der Waals surface area contributed by atoms with Gasteiger partial charge in [0.25, 0.3) is 0 Å². The molecule has 0 aliphatic carbocycles. The fraction of sp³-hybridized carbons (Fsp3) is 0. The van der Waals surface area contributed by atoms with Crippen molar-refractivity contribution in [3.8, 4) is 11.1 Å². The van der Waals surface area contributed by atoms with Gasteiger partial charge in [-0.3, -0.25) is 0 Å². The highest BCUT2D eigenvalue weighted by atomic mass is 35.5. The Hall–Kier alpha value is -1.29. The Kier molecular flexibility index (Phi) is 3.29. The molecule has 2 rings (SSSR count). The predicted octanol–water partition coefficient (Wildman–Crippen LogP) is 1.69. The Morgan fingerprint density at radius 3 is 2.38 bits per heavy atom. The fourth-order valence-electron chi connectivity index (χ4n) is 1.56. The third-order valence-corrected chi connectivity index (χ3v) is 2.70. The first kappa shape index (κ1) is 11.2. The molecule has 0 fully saturated rings. The van der Waals surface area contributed by atoms with E-state index in [4.69, 9.17) is 21.6 Å². The van der Waals surface area contributed by atoms with Gasteiger partial charge >= 0.3 is 7.12 Å². The molecule has 4 heteroatoms. The van der Waals surface area contributed by atoms with Crippen LogP contribution >= 0.6 is 11.6 Å². The molecular weight excluding hydrogens is 222 g/mol. The lowest BCUT2D eigenvalue weighted by atomic mass is 9.79. The summed E-state index contributed by atoms with van der Waals surface area (Å²) in [6.07, 6.45) is 0. The minimum atomic E-state index is -1.46. The molecule has 2 N–H and O–H groups in total. The first-order valence-corrected chi connectivity index (χ1v) is 5.27. The summed E-state index contributed by atoms with van der Waals surface area (Å²) in [6, 6.07) is 14.5. The molecule has 80 valence electrons. The van der Waals surface area contributed by atoms with Crippen molar-refractivity contribution >= 4 is 24.2 Å². The average Bonchev–Trinajstić information content (AvgIpc) is 2.30. The number of hydrogen-bond acceptors (Lipinski definition) is 2. The maximum Gasteiger partial charge on any atom is 0.488 e. The molecule has 0 aliphatic heterocycles. The van der Waals surface area contributed by atoms with Gasteiger partial charge in [-0.2, -0.15) is 0 Å². The van der Waals surface area contributed by atoms with Crippen molar-refractivity contribution in [2.24, 2.45) is 0 Å².